The molecule has 206 valence electrons. The summed E-state index contributed by atoms with van der Waals surface area (Å²) < 4.78 is 25.1. The topological polar surface area (TPSA) is 89.0 Å². The monoisotopic (exact) mass is 541 g/mol. The van der Waals surface area contributed by atoms with Gasteiger partial charge in [0.15, 0.2) is 11.5 Å². The third-order valence-electron chi connectivity index (χ3n) is 6.26. The van der Waals surface area contributed by atoms with Crippen molar-refractivity contribution in [1.82, 2.24) is 10.7 Å². The van der Waals surface area contributed by atoms with Crippen molar-refractivity contribution in [3.8, 4) is 11.5 Å². The number of carbonyl (C=O) groups excluding carboxylic acids is 2. The van der Waals surface area contributed by atoms with Crippen LogP contribution in [0, 0.1) is 11.7 Å². The van der Waals surface area contributed by atoms with Crippen molar-refractivity contribution in [2.45, 2.75) is 33.4 Å². The first-order chi connectivity index (χ1) is 19.4. The first-order valence-corrected chi connectivity index (χ1v) is 13.1. The molecule has 0 bridgehead atoms. The van der Waals surface area contributed by atoms with E-state index in [2.05, 4.69) is 34.0 Å². The van der Waals surface area contributed by atoms with Gasteiger partial charge in [-0.2, -0.15) is 5.10 Å². The molecular formula is C32H32FN3O4. The molecule has 2 amide bonds. The van der Waals surface area contributed by atoms with Crippen LogP contribution in [-0.2, 0) is 11.4 Å². The molecule has 0 aliphatic rings. The second-order valence-corrected chi connectivity index (χ2v) is 9.50. The molecule has 4 aromatic rings. The Balaban J connectivity index is 1.40. The van der Waals surface area contributed by atoms with Gasteiger partial charge in [-0.15, -0.1) is 0 Å². The summed E-state index contributed by atoms with van der Waals surface area (Å²) in [5, 5.41) is 9.05. The predicted octanol–water partition coefficient (Wildman–Crippen LogP) is 5.86. The standard InChI is InChI=1S/C32H32FN3O4/c1-4-39-29-18-22(12-17-28(29)40-20-25-10-7-9-23-8-5-6-11-27(23)25)19-34-36-32(38)30(21(2)3)35-31(37)24-13-15-26(33)16-14-24/h5-19,21,30H,4,20H2,1-3H3,(H,35,37)(H,36,38). The number of ether oxygens (including phenoxy) is 2. The summed E-state index contributed by atoms with van der Waals surface area (Å²) in [5.41, 5.74) is 4.51. The second-order valence-electron chi connectivity index (χ2n) is 9.50. The first-order valence-electron chi connectivity index (χ1n) is 13.1. The van der Waals surface area contributed by atoms with Crippen LogP contribution in [0.5, 0.6) is 11.5 Å². The van der Waals surface area contributed by atoms with E-state index in [1.807, 2.05) is 51.1 Å². The highest BCUT2D eigenvalue weighted by Gasteiger charge is 2.24. The lowest BCUT2D eigenvalue weighted by Crippen LogP contribution is -2.48. The Morgan fingerprint density at radius 1 is 0.925 bits per heavy atom. The van der Waals surface area contributed by atoms with Gasteiger partial charge in [0.1, 0.15) is 18.5 Å². The lowest BCUT2D eigenvalue weighted by molar-refractivity contribution is -0.123. The molecule has 4 rings (SSSR count). The molecule has 8 heteroatoms. The van der Waals surface area contributed by atoms with Crippen molar-refractivity contribution in [1.29, 1.82) is 0 Å². The molecule has 0 heterocycles. The molecule has 0 spiro atoms. The highest BCUT2D eigenvalue weighted by Crippen LogP contribution is 2.30. The van der Waals surface area contributed by atoms with Crippen LogP contribution >= 0.6 is 0 Å². The average Bonchev–Trinajstić information content (AvgIpc) is 2.95. The van der Waals surface area contributed by atoms with Gasteiger partial charge in [0.05, 0.1) is 12.8 Å². The fourth-order valence-corrected chi connectivity index (χ4v) is 4.17. The number of hydrogen-bond acceptors (Lipinski definition) is 5. The van der Waals surface area contributed by atoms with Crippen LogP contribution in [0.4, 0.5) is 4.39 Å². The van der Waals surface area contributed by atoms with Crippen molar-refractivity contribution in [3.63, 3.8) is 0 Å². The van der Waals surface area contributed by atoms with E-state index in [9.17, 15) is 14.0 Å². The zero-order chi connectivity index (χ0) is 28.5. The molecule has 2 N–H and O–H groups in total. The van der Waals surface area contributed by atoms with Gasteiger partial charge in [-0.3, -0.25) is 9.59 Å². The molecule has 1 atom stereocenters. The van der Waals surface area contributed by atoms with Gasteiger partial charge in [0, 0.05) is 5.56 Å². The fraction of sp³-hybridized carbons (Fsp3) is 0.219. The van der Waals surface area contributed by atoms with Crippen molar-refractivity contribution in [2.24, 2.45) is 11.0 Å². The highest BCUT2D eigenvalue weighted by atomic mass is 19.1. The smallest absolute Gasteiger partial charge is 0.262 e. The van der Waals surface area contributed by atoms with E-state index in [-0.39, 0.29) is 11.5 Å². The predicted molar refractivity (Wildman–Crippen MR) is 154 cm³/mol. The molecule has 7 nitrogen and oxygen atoms in total. The molecular weight excluding hydrogens is 509 g/mol. The zero-order valence-corrected chi connectivity index (χ0v) is 22.7. The van der Waals surface area contributed by atoms with Crippen LogP contribution in [0.15, 0.2) is 90.0 Å². The minimum Gasteiger partial charge on any atom is -0.490 e. The average molecular weight is 542 g/mol. The van der Waals surface area contributed by atoms with Crippen LogP contribution in [0.1, 0.15) is 42.3 Å². The fourth-order valence-electron chi connectivity index (χ4n) is 4.17. The van der Waals surface area contributed by atoms with Crippen molar-refractivity contribution in [3.05, 3.63) is 107 Å². The minimum atomic E-state index is -0.835. The number of nitrogens with one attached hydrogen (secondary N) is 2. The second kappa shape index (κ2) is 13.4. The summed E-state index contributed by atoms with van der Waals surface area (Å²) in [5.74, 6) is -0.438. The number of rotatable bonds is 11. The van der Waals surface area contributed by atoms with Gasteiger partial charge in [-0.25, -0.2) is 9.82 Å². The molecule has 4 aromatic carbocycles. The first kappa shape index (κ1) is 28.3. The lowest BCUT2D eigenvalue weighted by Gasteiger charge is -2.20. The number of benzene rings is 4. The summed E-state index contributed by atoms with van der Waals surface area (Å²) in [4.78, 5) is 25.3. The molecule has 0 radical (unpaired) electrons. The van der Waals surface area contributed by atoms with Gasteiger partial charge in [-0.05, 0) is 77.2 Å². The number of hydrazone groups is 1. The third-order valence-corrected chi connectivity index (χ3v) is 6.26. The summed E-state index contributed by atoms with van der Waals surface area (Å²) >= 11 is 0. The maximum Gasteiger partial charge on any atom is 0.262 e. The SMILES string of the molecule is CCOc1cc(C=NNC(=O)C(NC(=O)c2ccc(F)cc2)C(C)C)ccc1OCc1cccc2ccccc12. The Kier molecular flexibility index (Phi) is 9.46. The quantitative estimate of drug-likeness (QED) is 0.184. The maximum absolute atomic E-state index is 13.2. The Labute approximate surface area is 233 Å². The summed E-state index contributed by atoms with van der Waals surface area (Å²) in [7, 11) is 0. The number of hydrogen-bond donors (Lipinski definition) is 2. The van der Waals surface area contributed by atoms with Crippen LogP contribution in [-0.4, -0.2) is 30.7 Å². The van der Waals surface area contributed by atoms with E-state index in [0.717, 1.165) is 16.3 Å². The zero-order valence-electron chi connectivity index (χ0n) is 22.7. The van der Waals surface area contributed by atoms with E-state index in [1.54, 1.807) is 12.1 Å². The third kappa shape index (κ3) is 7.22. The van der Waals surface area contributed by atoms with Gasteiger partial charge >= 0.3 is 0 Å². The Bertz CT molecular complexity index is 1500. The molecule has 0 aliphatic carbocycles. The molecule has 1 unspecified atom stereocenters. The molecule has 0 saturated heterocycles. The van der Waals surface area contributed by atoms with Crippen LogP contribution < -0.4 is 20.2 Å². The van der Waals surface area contributed by atoms with E-state index >= 15 is 0 Å². The van der Waals surface area contributed by atoms with Crippen molar-refractivity contribution in [2.75, 3.05) is 6.61 Å². The highest BCUT2D eigenvalue weighted by molar-refractivity contribution is 5.97. The van der Waals surface area contributed by atoms with Crippen LogP contribution in [0.3, 0.4) is 0 Å². The molecule has 40 heavy (non-hydrogen) atoms. The Morgan fingerprint density at radius 2 is 1.68 bits per heavy atom. The molecule has 0 fully saturated rings. The van der Waals surface area contributed by atoms with Gasteiger partial charge in [0.2, 0.25) is 0 Å². The van der Waals surface area contributed by atoms with Crippen molar-refractivity contribution < 1.29 is 23.5 Å². The van der Waals surface area contributed by atoms with Crippen LogP contribution in [0.25, 0.3) is 10.8 Å². The van der Waals surface area contributed by atoms with Crippen molar-refractivity contribution >= 4 is 28.8 Å². The molecule has 0 aliphatic heterocycles. The molecule has 0 aromatic heterocycles. The number of fused-ring (bicyclic) bond motifs is 1. The largest absolute Gasteiger partial charge is 0.490 e. The van der Waals surface area contributed by atoms with E-state index in [0.29, 0.717) is 30.3 Å². The summed E-state index contributed by atoms with van der Waals surface area (Å²) in [6.45, 7) is 6.34. The Morgan fingerprint density at radius 3 is 2.42 bits per heavy atom. The number of nitrogens with zero attached hydrogens (tertiary/aromatic N) is 1. The molecule has 0 saturated carbocycles. The van der Waals surface area contributed by atoms with Gasteiger partial charge < -0.3 is 14.8 Å². The minimum absolute atomic E-state index is 0.206. The van der Waals surface area contributed by atoms with Gasteiger partial charge in [0.25, 0.3) is 11.8 Å². The summed E-state index contributed by atoms with van der Waals surface area (Å²) in [6, 6.07) is 24.0. The maximum atomic E-state index is 13.2. The van der Waals surface area contributed by atoms with Crippen LogP contribution in [0.2, 0.25) is 0 Å². The lowest BCUT2D eigenvalue weighted by atomic mass is 10.0. The van der Waals surface area contributed by atoms with E-state index in [1.165, 1.54) is 30.5 Å². The van der Waals surface area contributed by atoms with E-state index < -0.39 is 23.7 Å². The summed E-state index contributed by atoms with van der Waals surface area (Å²) in [6.07, 6.45) is 1.49. The number of carbonyl (C=O) groups is 2. The normalized spacial score (nSPS) is 11.9. The number of halogens is 1. The number of amides is 2. The Hall–Kier alpha value is -4.72. The van der Waals surface area contributed by atoms with E-state index in [4.69, 9.17) is 9.47 Å². The van der Waals surface area contributed by atoms with Gasteiger partial charge in [-0.1, -0.05) is 56.3 Å².